The Balaban J connectivity index is 2.72. The highest BCUT2D eigenvalue weighted by Crippen LogP contribution is 2.19. The predicted molar refractivity (Wildman–Crippen MR) is 56.9 cm³/mol. The first-order valence-electron chi connectivity index (χ1n) is 4.74. The van der Waals surface area contributed by atoms with Crippen molar-refractivity contribution in [3.05, 3.63) is 29.8 Å². The highest BCUT2D eigenvalue weighted by Gasteiger charge is 2.12. The van der Waals surface area contributed by atoms with Crippen molar-refractivity contribution in [2.24, 2.45) is 5.84 Å². The topological polar surface area (TPSA) is 50.9 Å². The Morgan fingerprint density at radius 3 is 3.07 bits per heavy atom. The molecule has 0 aliphatic carbocycles. The van der Waals surface area contributed by atoms with Gasteiger partial charge in [-0.25, -0.2) is 4.39 Å². The van der Waals surface area contributed by atoms with Crippen molar-refractivity contribution in [3.8, 4) is 11.8 Å². The standard InChI is InChI=1S/C11H14FN3/c1-2-3-4-5-11(15-13)9-6-7-14-8-10(9)12/h6-8,11,15H,4-5,13H2,1H3. The monoisotopic (exact) mass is 207 g/mol. The first-order chi connectivity index (χ1) is 7.29. The molecule has 1 aromatic rings. The first-order valence-corrected chi connectivity index (χ1v) is 4.74. The Kier molecular flexibility index (Phi) is 4.75. The summed E-state index contributed by atoms with van der Waals surface area (Å²) in [5.41, 5.74) is 3.12. The van der Waals surface area contributed by atoms with Gasteiger partial charge < -0.3 is 0 Å². The van der Waals surface area contributed by atoms with Crippen molar-refractivity contribution in [1.82, 2.24) is 10.4 Å². The van der Waals surface area contributed by atoms with Gasteiger partial charge in [-0.05, 0) is 19.4 Å². The first kappa shape index (κ1) is 11.6. The van der Waals surface area contributed by atoms with E-state index in [1.807, 2.05) is 0 Å². The molecule has 0 aromatic carbocycles. The van der Waals surface area contributed by atoms with Gasteiger partial charge in [-0.1, -0.05) is 0 Å². The number of rotatable bonds is 4. The fraction of sp³-hybridized carbons (Fsp3) is 0.364. The van der Waals surface area contributed by atoms with Crippen LogP contribution in [-0.4, -0.2) is 4.98 Å². The minimum Gasteiger partial charge on any atom is -0.271 e. The van der Waals surface area contributed by atoms with Crippen LogP contribution < -0.4 is 11.3 Å². The van der Waals surface area contributed by atoms with Gasteiger partial charge in [-0.2, -0.15) is 0 Å². The maximum atomic E-state index is 13.3. The second-order valence-electron chi connectivity index (χ2n) is 3.08. The van der Waals surface area contributed by atoms with Gasteiger partial charge in [0, 0.05) is 24.2 Å². The van der Waals surface area contributed by atoms with Gasteiger partial charge in [0.2, 0.25) is 0 Å². The van der Waals surface area contributed by atoms with Gasteiger partial charge >= 0.3 is 0 Å². The minimum absolute atomic E-state index is 0.214. The SMILES string of the molecule is CC#CCCC(NN)c1ccncc1F. The molecule has 1 heterocycles. The summed E-state index contributed by atoms with van der Waals surface area (Å²) in [4.78, 5) is 3.69. The largest absolute Gasteiger partial charge is 0.271 e. The van der Waals surface area contributed by atoms with Crippen LogP contribution in [0.3, 0.4) is 0 Å². The van der Waals surface area contributed by atoms with E-state index in [1.54, 1.807) is 19.2 Å². The summed E-state index contributed by atoms with van der Waals surface area (Å²) < 4.78 is 13.3. The number of hydrogen-bond donors (Lipinski definition) is 2. The molecule has 1 atom stereocenters. The van der Waals surface area contributed by atoms with Crippen molar-refractivity contribution in [1.29, 1.82) is 0 Å². The lowest BCUT2D eigenvalue weighted by molar-refractivity contribution is 0.488. The van der Waals surface area contributed by atoms with Gasteiger partial charge in [0.25, 0.3) is 0 Å². The summed E-state index contributed by atoms with van der Waals surface area (Å²) in [6.45, 7) is 1.78. The number of nitrogens with two attached hydrogens (primary N) is 1. The molecule has 80 valence electrons. The molecule has 0 fully saturated rings. The van der Waals surface area contributed by atoms with Crippen LogP contribution in [0.25, 0.3) is 0 Å². The summed E-state index contributed by atoms with van der Waals surface area (Å²) in [7, 11) is 0. The zero-order valence-corrected chi connectivity index (χ0v) is 8.63. The minimum atomic E-state index is -0.343. The van der Waals surface area contributed by atoms with Crippen LogP contribution >= 0.6 is 0 Å². The van der Waals surface area contributed by atoms with Gasteiger partial charge in [-0.3, -0.25) is 16.3 Å². The Morgan fingerprint density at radius 2 is 2.47 bits per heavy atom. The molecule has 0 saturated heterocycles. The lowest BCUT2D eigenvalue weighted by Gasteiger charge is -2.15. The molecule has 15 heavy (non-hydrogen) atoms. The smallest absolute Gasteiger partial charge is 0.146 e. The molecule has 0 amide bonds. The Labute approximate surface area is 88.9 Å². The average molecular weight is 207 g/mol. The van der Waals surface area contributed by atoms with E-state index in [-0.39, 0.29) is 11.9 Å². The molecule has 0 radical (unpaired) electrons. The number of nitrogens with one attached hydrogen (secondary N) is 1. The molecule has 1 aromatic heterocycles. The van der Waals surface area contributed by atoms with Crippen molar-refractivity contribution >= 4 is 0 Å². The zero-order valence-electron chi connectivity index (χ0n) is 8.63. The number of hydrazine groups is 1. The summed E-state index contributed by atoms with van der Waals surface area (Å²) in [6, 6.07) is 1.41. The Bertz CT molecular complexity index is 368. The molecule has 0 aliphatic rings. The van der Waals surface area contributed by atoms with E-state index in [2.05, 4.69) is 22.3 Å². The van der Waals surface area contributed by atoms with Crippen molar-refractivity contribution in [2.75, 3.05) is 0 Å². The molecule has 0 spiro atoms. The molecule has 3 N–H and O–H groups in total. The third-order valence-corrected chi connectivity index (χ3v) is 2.12. The summed E-state index contributed by atoms with van der Waals surface area (Å²) in [5, 5.41) is 0. The second kappa shape index (κ2) is 6.12. The van der Waals surface area contributed by atoms with E-state index in [9.17, 15) is 4.39 Å². The molecule has 1 unspecified atom stereocenters. The van der Waals surface area contributed by atoms with Crippen LogP contribution in [0.1, 0.15) is 31.4 Å². The van der Waals surface area contributed by atoms with E-state index >= 15 is 0 Å². The molecule has 0 saturated carbocycles. The van der Waals surface area contributed by atoms with Gasteiger partial charge in [-0.15, -0.1) is 11.8 Å². The number of aromatic nitrogens is 1. The van der Waals surface area contributed by atoms with E-state index < -0.39 is 0 Å². The Hall–Kier alpha value is -1.44. The highest BCUT2D eigenvalue weighted by atomic mass is 19.1. The van der Waals surface area contributed by atoms with E-state index in [4.69, 9.17) is 5.84 Å². The molecular weight excluding hydrogens is 193 g/mol. The fourth-order valence-corrected chi connectivity index (χ4v) is 1.34. The molecule has 4 heteroatoms. The summed E-state index contributed by atoms with van der Waals surface area (Å²) >= 11 is 0. The van der Waals surface area contributed by atoms with Crippen molar-refractivity contribution < 1.29 is 4.39 Å². The third kappa shape index (κ3) is 3.31. The molecule has 3 nitrogen and oxygen atoms in total. The van der Waals surface area contributed by atoms with E-state index in [1.165, 1.54) is 6.20 Å². The van der Waals surface area contributed by atoms with E-state index in [0.717, 1.165) is 0 Å². The zero-order chi connectivity index (χ0) is 11.1. The maximum absolute atomic E-state index is 13.3. The molecule has 1 rings (SSSR count). The third-order valence-electron chi connectivity index (χ3n) is 2.12. The van der Waals surface area contributed by atoms with Crippen LogP contribution in [0, 0.1) is 17.7 Å². The fourth-order valence-electron chi connectivity index (χ4n) is 1.34. The average Bonchev–Trinajstić information content (AvgIpc) is 2.26. The quantitative estimate of drug-likeness (QED) is 0.447. The Morgan fingerprint density at radius 1 is 1.67 bits per heavy atom. The van der Waals surface area contributed by atoms with E-state index in [0.29, 0.717) is 18.4 Å². The predicted octanol–water partition coefficient (Wildman–Crippen LogP) is 1.53. The lowest BCUT2D eigenvalue weighted by Crippen LogP contribution is -2.28. The number of pyridine rings is 1. The highest BCUT2D eigenvalue weighted by molar-refractivity contribution is 5.17. The van der Waals surface area contributed by atoms with Gasteiger partial charge in [0.05, 0.1) is 6.20 Å². The van der Waals surface area contributed by atoms with Gasteiger partial charge in [0.1, 0.15) is 5.82 Å². The number of nitrogens with zero attached hydrogens (tertiary/aromatic N) is 1. The van der Waals surface area contributed by atoms with Crippen LogP contribution in [0.4, 0.5) is 4.39 Å². The normalized spacial score (nSPS) is 11.7. The number of hydrogen-bond acceptors (Lipinski definition) is 3. The summed E-state index contributed by atoms with van der Waals surface area (Å²) in [6.07, 6.45) is 4.10. The molecule has 0 bridgehead atoms. The summed E-state index contributed by atoms with van der Waals surface area (Å²) in [5.74, 6) is 10.7. The van der Waals surface area contributed by atoms with Crippen LogP contribution in [0.5, 0.6) is 0 Å². The lowest BCUT2D eigenvalue weighted by atomic mass is 10.0. The van der Waals surface area contributed by atoms with Crippen LogP contribution in [-0.2, 0) is 0 Å². The molecular formula is C11H14FN3. The number of halogens is 1. The van der Waals surface area contributed by atoms with Crippen molar-refractivity contribution in [2.45, 2.75) is 25.8 Å². The molecule has 0 aliphatic heterocycles. The van der Waals surface area contributed by atoms with Crippen LogP contribution in [0.2, 0.25) is 0 Å². The van der Waals surface area contributed by atoms with Gasteiger partial charge in [0.15, 0.2) is 0 Å². The second-order valence-corrected chi connectivity index (χ2v) is 3.08. The maximum Gasteiger partial charge on any atom is 0.146 e. The van der Waals surface area contributed by atoms with Crippen molar-refractivity contribution in [3.63, 3.8) is 0 Å². The van der Waals surface area contributed by atoms with Crippen LogP contribution in [0.15, 0.2) is 18.5 Å².